The fourth-order valence-electron chi connectivity index (χ4n) is 2.82. The van der Waals surface area contributed by atoms with Crippen LogP contribution >= 0.6 is 0 Å². The summed E-state index contributed by atoms with van der Waals surface area (Å²) in [6.07, 6.45) is 4.89. The molecule has 5 heteroatoms. The first-order valence-electron chi connectivity index (χ1n) is 9.19. The van der Waals surface area contributed by atoms with Crippen LogP contribution in [0.5, 0.6) is 0 Å². The van der Waals surface area contributed by atoms with E-state index >= 15 is 0 Å². The summed E-state index contributed by atoms with van der Waals surface area (Å²) in [5.41, 5.74) is 1.27. The molecule has 0 spiro atoms. The van der Waals surface area contributed by atoms with E-state index in [0.717, 1.165) is 58.0 Å². The predicted octanol–water partition coefficient (Wildman–Crippen LogP) is 2.64. The summed E-state index contributed by atoms with van der Waals surface area (Å²) in [5, 5.41) is 6.73. The van der Waals surface area contributed by atoms with Crippen LogP contribution in [-0.4, -0.2) is 51.9 Å². The lowest BCUT2D eigenvalue weighted by atomic mass is 10.2. The predicted molar refractivity (Wildman–Crippen MR) is 102 cm³/mol. The Morgan fingerprint density at radius 1 is 1.25 bits per heavy atom. The molecular formula is C19H32N4O. The molecule has 0 amide bonds. The van der Waals surface area contributed by atoms with E-state index in [9.17, 15) is 0 Å². The molecule has 1 aliphatic rings. The number of nitrogens with one attached hydrogen (secondary N) is 2. The van der Waals surface area contributed by atoms with Crippen molar-refractivity contribution in [1.29, 1.82) is 0 Å². The average Bonchev–Trinajstić information content (AvgIpc) is 3.13. The summed E-state index contributed by atoms with van der Waals surface area (Å²) < 4.78 is 5.62. The molecule has 0 aromatic heterocycles. The van der Waals surface area contributed by atoms with Gasteiger partial charge >= 0.3 is 0 Å². The normalized spacial score (nSPS) is 17.8. The van der Waals surface area contributed by atoms with Gasteiger partial charge in [-0.1, -0.05) is 18.2 Å². The molecule has 1 atom stereocenters. The fraction of sp³-hybridized carbons (Fsp3) is 0.632. The van der Waals surface area contributed by atoms with Crippen molar-refractivity contribution in [3.63, 3.8) is 0 Å². The maximum atomic E-state index is 5.62. The summed E-state index contributed by atoms with van der Waals surface area (Å²) in [4.78, 5) is 6.94. The van der Waals surface area contributed by atoms with Crippen molar-refractivity contribution in [1.82, 2.24) is 10.6 Å². The third-order valence-electron chi connectivity index (χ3n) is 4.23. The van der Waals surface area contributed by atoms with Gasteiger partial charge < -0.3 is 20.3 Å². The Kier molecular flexibility index (Phi) is 8.46. The minimum absolute atomic E-state index is 0.306. The fourth-order valence-corrected chi connectivity index (χ4v) is 2.82. The quantitative estimate of drug-likeness (QED) is 0.415. The van der Waals surface area contributed by atoms with Crippen molar-refractivity contribution in [2.75, 3.05) is 44.7 Å². The molecule has 24 heavy (non-hydrogen) atoms. The molecule has 134 valence electrons. The average molecular weight is 332 g/mol. The van der Waals surface area contributed by atoms with Crippen LogP contribution < -0.4 is 15.5 Å². The largest absolute Gasteiger partial charge is 0.376 e. The second kappa shape index (κ2) is 10.9. The molecule has 5 nitrogen and oxygen atoms in total. The molecule has 1 aliphatic heterocycles. The first-order chi connectivity index (χ1) is 11.8. The first kappa shape index (κ1) is 18.6. The van der Waals surface area contributed by atoms with Gasteiger partial charge in [0, 0.05) is 39.0 Å². The summed E-state index contributed by atoms with van der Waals surface area (Å²) in [6, 6.07) is 10.5. The number of anilines is 1. The van der Waals surface area contributed by atoms with E-state index in [1.165, 1.54) is 12.1 Å². The monoisotopic (exact) mass is 332 g/mol. The Hall–Kier alpha value is -1.75. The molecule has 1 aromatic carbocycles. The third-order valence-corrected chi connectivity index (χ3v) is 4.23. The van der Waals surface area contributed by atoms with Gasteiger partial charge in [-0.25, -0.2) is 0 Å². The zero-order valence-corrected chi connectivity index (χ0v) is 15.1. The highest BCUT2D eigenvalue weighted by Gasteiger charge is 2.14. The Balaban J connectivity index is 1.62. The van der Waals surface area contributed by atoms with Crippen LogP contribution in [0.4, 0.5) is 5.69 Å². The number of aliphatic imine (C=N–C) groups is 1. The Labute approximate surface area is 146 Å². The highest BCUT2D eigenvalue weighted by Crippen LogP contribution is 2.12. The van der Waals surface area contributed by atoms with Crippen molar-refractivity contribution in [2.45, 2.75) is 38.7 Å². The SMILES string of the molecule is CCNC(=NCC1CCCO1)NCCCCN(C)c1ccccc1. The number of benzene rings is 1. The zero-order valence-electron chi connectivity index (χ0n) is 15.1. The molecule has 0 bridgehead atoms. The summed E-state index contributed by atoms with van der Waals surface area (Å²) in [7, 11) is 2.15. The smallest absolute Gasteiger partial charge is 0.191 e. The van der Waals surface area contributed by atoms with Gasteiger partial charge in [0.25, 0.3) is 0 Å². The van der Waals surface area contributed by atoms with Gasteiger partial charge in [0.05, 0.1) is 12.6 Å². The van der Waals surface area contributed by atoms with E-state index in [1.807, 2.05) is 0 Å². The molecule has 1 aromatic rings. The summed E-state index contributed by atoms with van der Waals surface area (Å²) in [5.74, 6) is 0.907. The summed E-state index contributed by atoms with van der Waals surface area (Å²) >= 11 is 0. The second-order valence-electron chi connectivity index (χ2n) is 6.25. The molecule has 2 N–H and O–H groups in total. The van der Waals surface area contributed by atoms with Crippen molar-refractivity contribution in [3.8, 4) is 0 Å². The second-order valence-corrected chi connectivity index (χ2v) is 6.25. The van der Waals surface area contributed by atoms with Crippen LogP contribution in [-0.2, 0) is 4.74 Å². The lowest BCUT2D eigenvalue weighted by Gasteiger charge is -2.19. The van der Waals surface area contributed by atoms with E-state index < -0.39 is 0 Å². The zero-order chi connectivity index (χ0) is 17.0. The third kappa shape index (κ3) is 6.79. The standard InChI is InChI=1S/C19H32N4O/c1-3-20-19(22-16-18-12-9-15-24-18)21-13-7-8-14-23(2)17-10-5-4-6-11-17/h4-6,10-11,18H,3,7-9,12-16H2,1-2H3,(H2,20,21,22). The Bertz CT molecular complexity index is 472. The van der Waals surface area contributed by atoms with Gasteiger partial charge in [-0.3, -0.25) is 4.99 Å². The van der Waals surface area contributed by atoms with E-state index in [0.29, 0.717) is 6.10 Å². The molecule has 0 aliphatic carbocycles. The molecule has 0 saturated carbocycles. The maximum absolute atomic E-state index is 5.62. The van der Waals surface area contributed by atoms with Gasteiger partial charge in [-0.15, -0.1) is 0 Å². The van der Waals surface area contributed by atoms with Crippen LogP contribution in [0.3, 0.4) is 0 Å². The van der Waals surface area contributed by atoms with E-state index in [4.69, 9.17) is 4.74 Å². The lowest BCUT2D eigenvalue weighted by molar-refractivity contribution is 0.117. The minimum Gasteiger partial charge on any atom is -0.376 e. The molecule has 0 radical (unpaired) electrons. The number of hydrogen-bond acceptors (Lipinski definition) is 3. The topological polar surface area (TPSA) is 48.9 Å². The number of para-hydroxylation sites is 1. The van der Waals surface area contributed by atoms with Crippen molar-refractivity contribution >= 4 is 11.6 Å². The first-order valence-corrected chi connectivity index (χ1v) is 9.19. The minimum atomic E-state index is 0.306. The number of unbranched alkanes of at least 4 members (excludes halogenated alkanes) is 1. The van der Waals surface area contributed by atoms with Crippen molar-refractivity contribution in [3.05, 3.63) is 30.3 Å². The van der Waals surface area contributed by atoms with E-state index in [1.54, 1.807) is 0 Å². The van der Waals surface area contributed by atoms with Crippen LogP contribution in [0.25, 0.3) is 0 Å². The number of hydrogen-bond donors (Lipinski definition) is 2. The van der Waals surface area contributed by atoms with Crippen LogP contribution in [0, 0.1) is 0 Å². The highest BCUT2D eigenvalue weighted by molar-refractivity contribution is 5.79. The van der Waals surface area contributed by atoms with Crippen LogP contribution in [0.2, 0.25) is 0 Å². The number of rotatable bonds is 9. The van der Waals surface area contributed by atoms with Gasteiger partial charge in [0.15, 0.2) is 5.96 Å². The Morgan fingerprint density at radius 3 is 2.79 bits per heavy atom. The van der Waals surface area contributed by atoms with Gasteiger partial charge in [0.2, 0.25) is 0 Å². The molecular weight excluding hydrogens is 300 g/mol. The maximum Gasteiger partial charge on any atom is 0.191 e. The van der Waals surface area contributed by atoms with E-state index in [-0.39, 0.29) is 0 Å². The van der Waals surface area contributed by atoms with Gasteiger partial charge in [-0.2, -0.15) is 0 Å². The van der Waals surface area contributed by atoms with Gasteiger partial charge in [0.1, 0.15) is 0 Å². The van der Waals surface area contributed by atoms with Crippen LogP contribution in [0.1, 0.15) is 32.6 Å². The lowest BCUT2D eigenvalue weighted by Crippen LogP contribution is -2.38. The Morgan fingerprint density at radius 2 is 2.08 bits per heavy atom. The summed E-state index contributed by atoms with van der Waals surface area (Å²) in [6.45, 7) is 6.63. The number of nitrogens with zero attached hydrogens (tertiary/aromatic N) is 2. The number of ether oxygens (including phenoxy) is 1. The highest BCUT2D eigenvalue weighted by atomic mass is 16.5. The molecule has 1 unspecified atom stereocenters. The van der Waals surface area contributed by atoms with Crippen LogP contribution in [0.15, 0.2) is 35.3 Å². The van der Waals surface area contributed by atoms with Gasteiger partial charge in [-0.05, 0) is 44.7 Å². The molecule has 1 saturated heterocycles. The molecule has 1 heterocycles. The van der Waals surface area contributed by atoms with E-state index in [2.05, 4.69) is 64.8 Å². The number of guanidine groups is 1. The molecule has 1 fully saturated rings. The molecule has 2 rings (SSSR count). The van der Waals surface area contributed by atoms with Crippen molar-refractivity contribution < 1.29 is 4.74 Å². The van der Waals surface area contributed by atoms with Crippen molar-refractivity contribution in [2.24, 2.45) is 4.99 Å².